The summed E-state index contributed by atoms with van der Waals surface area (Å²) >= 11 is 1.47. The molecule has 0 spiro atoms. The molecule has 2 aliphatic rings. The molecule has 1 aliphatic heterocycles. The lowest BCUT2D eigenvalue weighted by atomic mass is 10.2. The van der Waals surface area contributed by atoms with Crippen molar-refractivity contribution in [1.82, 2.24) is 20.2 Å². The van der Waals surface area contributed by atoms with E-state index in [1.807, 2.05) is 22.9 Å². The molecule has 0 unspecified atom stereocenters. The molecular formula is C17H22N4O4S. The van der Waals surface area contributed by atoms with E-state index in [4.69, 9.17) is 14.2 Å². The molecule has 0 radical (unpaired) electrons. The number of rotatable bonds is 8. The molecule has 1 atom stereocenters. The fourth-order valence-corrected chi connectivity index (χ4v) is 4.07. The van der Waals surface area contributed by atoms with E-state index in [2.05, 4.69) is 15.5 Å². The first-order valence-electron chi connectivity index (χ1n) is 8.84. The van der Waals surface area contributed by atoms with Crippen LogP contribution in [0.25, 0.3) is 0 Å². The Hall–Kier alpha value is -1.84. The van der Waals surface area contributed by atoms with Crippen LogP contribution in [-0.4, -0.2) is 50.6 Å². The van der Waals surface area contributed by atoms with Gasteiger partial charge in [0.2, 0.25) is 11.9 Å². The molecular weight excluding hydrogens is 356 g/mol. The van der Waals surface area contributed by atoms with Gasteiger partial charge in [-0.15, -0.1) is 5.10 Å². The minimum Gasteiger partial charge on any atom is -0.454 e. The topological polar surface area (TPSA) is 91.5 Å². The average molecular weight is 378 g/mol. The highest BCUT2D eigenvalue weighted by molar-refractivity contribution is 7.99. The molecule has 1 saturated carbocycles. The maximum atomic E-state index is 10.2. The molecule has 0 amide bonds. The van der Waals surface area contributed by atoms with Crippen molar-refractivity contribution in [3.05, 3.63) is 23.8 Å². The van der Waals surface area contributed by atoms with E-state index >= 15 is 0 Å². The van der Waals surface area contributed by atoms with E-state index in [0.29, 0.717) is 18.4 Å². The number of aliphatic hydroxyl groups is 1. The van der Waals surface area contributed by atoms with Crippen molar-refractivity contribution in [2.45, 2.75) is 49.6 Å². The summed E-state index contributed by atoms with van der Waals surface area (Å²) in [6.45, 7) is 0.931. The monoisotopic (exact) mass is 378 g/mol. The zero-order chi connectivity index (χ0) is 17.8. The molecule has 2 aromatic rings. The highest BCUT2D eigenvalue weighted by atomic mass is 32.2. The molecule has 1 aliphatic carbocycles. The first kappa shape index (κ1) is 17.6. The van der Waals surface area contributed by atoms with Gasteiger partial charge in [0.1, 0.15) is 0 Å². The first-order chi connectivity index (χ1) is 12.8. The number of hydrogen-bond acceptors (Lipinski definition) is 8. The summed E-state index contributed by atoms with van der Waals surface area (Å²) in [4.78, 5) is 0. The highest BCUT2D eigenvalue weighted by Crippen LogP contribution is 2.33. The minimum absolute atomic E-state index is 0.256. The predicted molar refractivity (Wildman–Crippen MR) is 94.3 cm³/mol. The molecule has 1 N–H and O–H groups in total. The first-order valence-corrected chi connectivity index (χ1v) is 9.83. The number of aromatic nitrogens is 4. The summed E-state index contributed by atoms with van der Waals surface area (Å²) in [6, 6.07) is 6.10. The molecule has 8 nitrogen and oxygen atoms in total. The quantitative estimate of drug-likeness (QED) is 0.699. The van der Waals surface area contributed by atoms with Crippen molar-refractivity contribution >= 4 is 11.8 Å². The third kappa shape index (κ3) is 4.11. The van der Waals surface area contributed by atoms with Crippen molar-refractivity contribution < 1.29 is 19.3 Å². The SMILES string of the molecule is O[C@H](COCc1ccc2c(c1)OCO2)CSc1nnnn1C1CCCC1. The van der Waals surface area contributed by atoms with Gasteiger partial charge in [-0.1, -0.05) is 30.7 Å². The number of thioether (sulfide) groups is 1. The van der Waals surface area contributed by atoms with Crippen LogP contribution in [0.2, 0.25) is 0 Å². The van der Waals surface area contributed by atoms with E-state index in [1.54, 1.807) is 0 Å². The Morgan fingerprint density at radius 2 is 2.12 bits per heavy atom. The number of fused-ring (bicyclic) bond motifs is 1. The lowest BCUT2D eigenvalue weighted by molar-refractivity contribution is 0.0397. The van der Waals surface area contributed by atoms with Crippen LogP contribution < -0.4 is 9.47 Å². The van der Waals surface area contributed by atoms with Crippen LogP contribution in [0.15, 0.2) is 23.4 Å². The Bertz CT molecular complexity index is 735. The Kier molecular flexibility index (Phi) is 5.57. The third-order valence-corrected chi connectivity index (χ3v) is 5.63. The molecule has 1 aromatic heterocycles. The number of aliphatic hydroxyl groups excluding tert-OH is 1. The second-order valence-corrected chi connectivity index (χ2v) is 7.50. The van der Waals surface area contributed by atoms with Crippen molar-refractivity contribution in [2.24, 2.45) is 0 Å². The summed E-state index contributed by atoms with van der Waals surface area (Å²) in [5, 5.41) is 22.9. The largest absolute Gasteiger partial charge is 0.454 e. The molecule has 0 bridgehead atoms. The van der Waals surface area contributed by atoms with Gasteiger partial charge in [0.25, 0.3) is 0 Å². The Labute approximate surface area is 155 Å². The molecule has 1 fully saturated rings. The van der Waals surface area contributed by atoms with Crippen molar-refractivity contribution in [3.8, 4) is 11.5 Å². The second kappa shape index (κ2) is 8.24. The zero-order valence-corrected chi connectivity index (χ0v) is 15.2. The van der Waals surface area contributed by atoms with E-state index in [-0.39, 0.29) is 13.4 Å². The number of ether oxygens (including phenoxy) is 3. The fraction of sp³-hybridized carbons (Fsp3) is 0.588. The van der Waals surface area contributed by atoms with Gasteiger partial charge in [-0.3, -0.25) is 0 Å². The summed E-state index contributed by atoms with van der Waals surface area (Å²) in [6.07, 6.45) is 4.12. The van der Waals surface area contributed by atoms with Crippen molar-refractivity contribution in [3.63, 3.8) is 0 Å². The van der Waals surface area contributed by atoms with Gasteiger partial charge >= 0.3 is 0 Å². The smallest absolute Gasteiger partial charge is 0.231 e. The molecule has 4 rings (SSSR count). The summed E-state index contributed by atoms with van der Waals surface area (Å²) < 4.78 is 18.2. The minimum atomic E-state index is -0.581. The van der Waals surface area contributed by atoms with Gasteiger partial charge in [0.05, 0.1) is 25.4 Å². The van der Waals surface area contributed by atoms with Crippen LogP contribution >= 0.6 is 11.8 Å². The summed E-state index contributed by atoms with van der Waals surface area (Å²) in [7, 11) is 0. The van der Waals surface area contributed by atoms with E-state index in [9.17, 15) is 5.11 Å². The van der Waals surface area contributed by atoms with Crippen LogP contribution in [0.3, 0.4) is 0 Å². The van der Waals surface area contributed by atoms with Crippen LogP contribution in [0.1, 0.15) is 37.3 Å². The van der Waals surface area contributed by atoms with Crippen molar-refractivity contribution in [1.29, 1.82) is 0 Å². The molecule has 26 heavy (non-hydrogen) atoms. The number of benzene rings is 1. The van der Waals surface area contributed by atoms with Crippen LogP contribution in [0.5, 0.6) is 11.5 Å². The number of nitrogens with zero attached hydrogens (tertiary/aromatic N) is 4. The van der Waals surface area contributed by atoms with Gasteiger partial charge in [0, 0.05) is 5.75 Å². The average Bonchev–Trinajstić information content (AvgIpc) is 3.39. The third-order valence-electron chi connectivity index (χ3n) is 4.55. The highest BCUT2D eigenvalue weighted by Gasteiger charge is 2.22. The molecule has 2 heterocycles. The van der Waals surface area contributed by atoms with Crippen LogP contribution in [0, 0.1) is 0 Å². The van der Waals surface area contributed by atoms with Crippen molar-refractivity contribution in [2.75, 3.05) is 19.2 Å². The van der Waals surface area contributed by atoms with E-state index in [0.717, 1.165) is 35.1 Å². The van der Waals surface area contributed by atoms with E-state index in [1.165, 1.54) is 24.6 Å². The predicted octanol–water partition coefficient (Wildman–Crippen LogP) is 2.19. The zero-order valence-electron chi connectivity index (χ0n) is 14.4. The maximum absolute atomic E-state index is 10.2. The van der Waals surface area contributed by atoms with E-state index < -0.39 is 6.10 Å². The lowest BCUT2D eigenvalue weighted by Gasteiger charge is -2.13. The Morgan fingerprint density at radius 3 is 3.00 bits per heavy atom. The van der Waals surface area contributed by atoms with Crippen LogP contribution in [-0.2, 0) is 11.3 Å². The molecule has 9 heteroatoms. The lowest BCUT2D eigenvalue weighted by Crippen LogP contribution is -2.18. The molecule has 1 aromatic carbocycles. The fourth-order valence-electron chi connectivity index (χ4n) is 3.22. The van der Waals surface area contributed by atoms with Gasteiger partial charge in [0.15, 0.2) is 11.5 Å². The van der Waals surface area contributed by atoms with Crippen LogP contribution in [0.4, 0.5) is 0 Å². The number of hydrogen-bond donors (Lipinski definition) is 1. The van der Waals surface area contributed by atoms with Gasteiger partial charge in [-0.2, -0.15) is 0 Å². The second-order valence-electron chi connectivity index (χ2n) is 6.51. The molecule has 140 valence electrons. The van der Waals surface area contributed by atoms with Gasteiger partial charge in [-0.05, 0) is 41.0 Å². The number of tetrazole rings is 1. The summed E-state index contributed by atoms with van der Waals surface area (Å²) in [5.74, 6) is 1.99. The normalized spacial score (nSPS) is 17.7. The van der Waals surface area contributed by atoms with Gasteiger partial charge in [-0.25, -0.2) is 4.68 Å². The molecule has 0 saturated heterocycles. The Morgan fingerprint density at radius 1 is 1.27 bits per heavy atom. The maximum Gasteiger partial charge on any atom is 0.231 e. The van der Waals surface area contributed by atoms with Gasteiger partial charge < -0.3 is 19.3 Å². The standard InChI is InChI=1S/C17H22N4O4S/c22-14(9-23-8-12-5-6-15-16(7-12)25-11-24-15)10-26-17-18-19-20-21(17)13-3-1-2-4-13/h5-7,13-14,22H,1-4,8-11H2/t14-/m1/s1. The Balaban J connectivity index is 1.21. The summed E-state index contributed by atoms with van der Waals surface area (Å²) in [5.41, 5.74) is 0.985.